The smallest absolute Gasteiger partial charge is 0.346 e. The Balaban J connectivity index is 0.000000373. The van der Waals surface area contributed by atoms with Crippen LogP contribution >= 0.6 is 0 Å². The molecule has 1 heterocycles. The van der Waals surface area contributed by atoms with E-state index in [2.05, 4.69) is 23.9 Å². The number of esters is 2. The average molecular weight is 238 g/mol. The quantitative estimate of drug-likeness (QED) is 0.605. The molecule has 0 aliphatic carbocycles. The molecule has 0 saturated carbocycles. The van der Waals surface area contributed by atoms with E-state index >= 15 is 0 Å². The van der Waals surface area contributed by atoms with E-state index in [9.17, 15) is 9.59 Å². The summed E-state index contributed by atoms with van der Waals surface area (Å²) in [6.45, 7) is 6.39. The van der Waals surface area contributed by atoms with Crippen LogP contribution < -0.4 is 11.5 Å². The van der Waals surface area contributed by atoms with Gasteiger partial charge in [0, 0.05) is 0 Å². The number of hydrogen-bond donors (Lipinski definition) is 2. The van der Waals surface area contributed by atoms with Crippen LogP contribution in [0.5, 0.6) is 0 Å². The summed E-state index contributed by atoms with van der Waals surface area (Å²) in [7, 11) is 0. The number of rotatable bonds is 2. The second-order valence-corrected chi connectivity index (χ2v) is 3.18. The third kappa shape index (κ3) is 3.97. The van der Waals surface area contributed by atoms with Crippen LogP contribution in [0.2, 0.25) is 0 Å². The van der Waals surface area contributed by atoms with Gasteiger partial charge >= 0.3 is 11.9 Å². The van der Waals surface area contributed by atoms with E-state index in [1.165, 1.54) is 0 Å². The van der Waals surface area contributed by atoms with Crippen molar-refractivity contribution in [1.29, 1.82) is 0 Å². The molecule has 1 aliphatic heterocycles. The number of benzene rings is 1. The van der Waals surface area contributed by atoms with Crippen molar-refractivity contribution >= 4 is 11.9 Å². The van der Waals surface area contributed by atoms with Crippen LogP contribution in [0.3, 0.4) is 0 Å². The maximum atomic E-state index is 10.8. The van der Waals surface area contributed by atoms with Gasteiger partial charge < -0.3 is 16.2 Å². The van der Waals surface area contributed by atoms with Gasteiger partial charge in [0.15, 0.2) is 0 Å². The first-order valence-electron chi connectivity index (χ1n) is 5.27. The fourth-order valence-electron chi connectivity index (χ4n) is 1.28. The molecule has 0 aromatic heterocycles. The van der Waals surface area contributed by atoms with Gasteiger partial charge in [-0.3, -0.25) is 0 Å². The van der Waals surface area contributed by atoms with E-state index in [0.717, 1.165) is 13.1 Å². The molecular formula is C12H18N2O3. The molecule has 0 spiro atoms. The zero-order valence-electron chi connectivity index (χ0n) is 10.2. The van der Waals surface area contributed by atoms with Gasteiger partial charge in [0.25, 0.3) is 0 Å². The number of carbonyl (C=O) groups is 2. The maximum absolute atomic E-state index is 10.8. The van der Waals surface area contributed by atoms with Crippen LogP contribution in [0.25, 0.3) is 0 Å². The number of hydrogen-bond acceptors (Lipinski definition) is 5. The van der Waals surface area contributed by atoms with Gasteiger partial charge in [0.05, 0.1) is 11.1 Å². The van der Waals surface area contributed by atoms with Crippen molar-refractivity contribution in [3.63, 3.8) is 0 Å². The summed E-state index contributed by atoms with van der Waals surface area (Å²) < 4.78 is 4.35. The molecule has 17 heavy (non-hydrogen) atoms. The van der Waals surface area contributed by atoms with E-state index in [4.69, 9.17) is 0 Å². The minimum atomic E-state index is -0.550. The fourth-order valence-corrected chi connectivity index (χ4v) is 1.28. The highest BCUT2D eigenvalue weighted by atomic mass is 16.6. The predicted octanol–water partition coefficient (Wildman–Crippen LogP) is 1.77. The van der Waals surface area contributed by atoms with Gasteiger partial charge in [-0.2, -0.15) is 0 Å². The largest absolute Gasteiger partial charge is 0.386 e. The molecule has 0 atom stereocenters. The predicted molar refractivity (Wildman–Crippen MR) is 65.4 cm³/mol. The van der Waals surface area contributed by atoms with Gasteiger partial charge in [-0.05, 0) is 25.2 Å². The molecule has 94 valence electrons. The van der Waals surface area contributed by atoms with Crippen molar-refractivity contribution < 1.29 is 14.3 Å². The van der Waals surface area contributed by atoms with Crippen molar-refractivity contribution in [2.24, 2.45) is 0 Å². The number of fused-ring (bicyclic) bond motifs is 1. The first-order chi connectivity index (χ1) is 7.70. The van der Waals surface area contributed by atoms with Gasteiger partial charge in [-0.15, -0.1) is 0 Å². The Morgan fingerprint density at radius 2 is 1.41 bits per heavy atom. The average Bonchev–Trinajstić information content (AvgIpc) is 2.58. The Kier molecular flexibility index (Phi) is 6.77. The van der Waals surface area contributed by atoms with Crippen LogP contribution in [0.4, 0.5) is 0 Å². The van der Waals surface area contributed by atoms with Crippen molar-refractivity contribution in [2.45, 2.75) is 13.8 Å². The molecule has 0 amide bonds. The summed E-state index contributed by atoms with van der Waals surface area (Å²) in [5.41, 5.74) is 0.718. The molecule has 0 fully saturated rings. The molecule has 0 unspecified atom stereocenters. The standard InChI is InChI=1S/C8H4O3.C4H11N.H3N/c9-7-5-3-1-2-4-6(5)8(10)11-7;1-3-5-4-2;/h1-4H;5H,3-4H2,1-2H3;1H3. The van der Waals surface area contributed by atoms with Crippen LogP contribution in [0.15, 0.2) is 24.3 Å². The molecule has 4 N–H and O–H groups in total. The highest BCUT2D eigenvalue weighted by molar-refractivity contribution is 6.14. The normalized spacial score (nSPS) is 11.9. The Bertz CT molecular complexity index is 356. The van der Waals surface area contributed by atoms with Gasteiger partial charge in [-0.25, -0.2) is 9.59 Å². The Morgan fingerprint density at radius 1 is 1.00 bits per heavy atom. The first-order valence-corrected chi connectivity index (χ1v) is 5.27. The molecular weight excluding hydrogens is 220 g/mol. The van der Waals surface area contributed by atoms with Gasteiger partial charge in [0.1, 0.15) is 0 Å². The minimum Gasteiger partial charge on any atom is -0.386 e. The third-order valence-corrected chi connectivity index (χ3v) is 2.05. The third-order valence-electron chi connectivity index (χ3n) is 2.05. The maximum Gasteiger partial charge on any atom is 0.346 e. The van der Waals surface area contributed by atoms with Crippen molar-refractivity contribution in [1.82, 2.24) is 11.5 Å². The molecule has 5 nitrogen and oxygen atoms in total. The van der Waals surface area contributed by atoms with Crippen molar-refractivity contribution in [2.75, 3.05) is 13.1 Å². The number of nitrogens with one attached hydrogen (secondary N) is 1. The van der Waals surface area contributed by atoms with E-state index in [1.807, 2.05) is 0 Å². The molecule has 0 radical (unpaired) electrons. The van der Waals surface area contributed by atoms with Crippen molar-refractivity contribution in [3.8, 4) is 0 Å². The zero-order chi connectivity index (χ0) is 12.0. The van der Waals surface area contributed by atoms with Crippen molar-refractivity contribution in [3.05, 3.63) is 35.4 Å². The highest BCUT2D eigenvalue weighted by Gasteiger charge is 2.28. The minimum absolute atomic E-state index is 0. The Hall–Kier alpha value is -1.72. The molecule has 1 aromatic rings. The van der Waals surface area contributed by atoms with E-state index in [1.54, 1.807) is 24.3 Å². The molecule has 1 aromatic carbocycles. The first kappa shape index (κ1) is 15.3. The van der Waals surface area contributed by atoms with E-state index in [0.29, 0.717) is 11.1 Å². The monoisotopic (exact) mass is 238 g/mol. The summed E-state index contributed by atoms with van der Waals surface area (Å²) in [5.74, 6) is -1.10. The highest BCUT2D eigenvalue weighted by Crippen LogP contribution is 2.18. The van der Waals surface area contributed by atoms with E-state index < -0.39 is 11.9 Å². The lowest BCUT2D eigenvalue weighted by Gasteiger charge is -1.86. The zero-order valence-corrected chi connectivity index (χ0v) is 10.2. The second-order valence-electron chi connectivity index (χ2n) is 3.18. The van der Waals surface area contributed by atoms with Crippen LogP contribution in [0, 0.1) is 0 Å². The second kappa shape index (κ2) is 7.54. The van der Waals surface area contributed by atoms with Gasteiger partial charge in [0.2, 0.25) is 0 Å². The molecule has 1 aliphatic rings. The Labute approximate surface area is 101 Å². The van der Waals surface area contributed by atoms with Crippen LogP contribution in [0.1, 0.15) is 34.6 Å². The number of carbonyl (C=O) groups excluding carboxylic acids is 2. The molecule has 2 rings (SSSR count). The fraction of sp³-hybridized carbons (Fsp3) is 0.333. The number of ether oxygens (including phenoxy) is 1. The lowest BCUT2D eigenvalue weighted by atomic mass is 10.1. The lowest BCUT2D eigenvalue weighted by molar-refractivity contribution is 0.0444. The number of cyclic esters (lactones) is 2. The molecule has 0 bridgehead atoms. The SMILES string of the molecule is CCNCC.N.O=C1OC(=O)c2ccccc21. The van der Waals surface area contributed by atoms with Crippen LogP contribution in [-0.2, 0) is 4.74 Å². The summed E-state index contributed by atoms with van der Waals surface area (Å²) >= 11 is 0. The summed E-state index contributed by atoms with van der Waals surface area (Å²) in [6, 6.07) is 6.53. The summed E-state index contributed by atoms with van der Waals surface area (Å²) in [5, 5.41) is 3.11. The molecule has 0 saturated heterocycles. The summed E-state index contributed by atoms with van der Waals surface area (Å²) in [4.78, 5) is 21.7. The molecule has 5 heteroatoms. The Morgan fingerprint density at radius 3 is 1.71 bits per heavy atom. The van der Waals surface area contributed by atoms with E-state index in [-0.39, 0.29) is 6.15 Å². The van der Waals surface area contributed by atoms with Gasteiger partial charge in [-0.1, -0.05) is 26.0 Å². The van der Waals surface area contributed by atoms with Crippen LogP contribution in [-0.4, -0.2) is 25.0 Å². The topological polar surface area (TPSA) is 90.4 Å². The lowest BCUT2D eigenvalue weighted by Crippen LogP contribution is -2.09. The summed E-state index contributed by atoms with van der Waals surface area (Å²) in [6.07, 6.45) is 0.